The minimum atomic E-state index is -0.375. The zero-order valence-electron chi connectivity index (χ0n) is 13.4. The third-order valence-corrected chi connectivity index (χ3v) is 4.33. The maximum Gasteiger partial charge on any atom is 0.257 e. The van der Waals surface area contributed by atoms with E-state index in [0.29, 0.717) is 15.7 Å². The summed E-state index contributed by atoms with van der Waals surface area (Å²) >= 11 is 3.23. The van der Waals surface area contributed by atoms with Crippen molar-refractivity contribution in [1.82, 2.24) is 4.98 Å². The van der Waals surface area contributed by atoms with Crippen LogP contribution in [0.15, 0.2) is 71.3 Å². The van der Waals surface area contributed by atoms with Gasteiger partial charge in [-0.2, -0.15) is 0 Å². The summed E-state index contributed by atoms with van der Waals surface area (Å²) in [6.07, 6.45) is 1.52. The van der Waals surface area contributed by atoms with Crippen LogP contribution in [0.25, 0.3) is 0 Å². The van der Waals surface area contributed by atoms with Crippen molar-refractivity contribution >= 4 is 39.0 Å². The summed E-state index contributed by atoms with van der Waals surface area (Å²) in [6.45, 7) is 0. The monoisotopic (exact) mass is 399 g/mol. The number of halogens is 2. The van der Waals surface area contributed by atoms with Gasteiger partial charge in [-0.3, -0.25) is 4.79 Å². The number of nitrogens with zero attached hydrogens (tertiary/aromatic N) is 2. The molecule has 0 aliphatic heterocycles. The highest BCUT2D eigenvalue weighted by atomic mass is 79.9. The van der Waals surface area contributed by atoms with Gasteiger partial charge in [-0.15, -0.1) is 0 Å². The first kappa shape index (κ1) is 17.1. The van der Waals surface area contributed by atoms with E-state index in [-0.39, 0.29) is 11.7 Å². The lowest BCUT2D eigenvalue weighted by Gasteiger charge is -2.18. The van der Waals surface area contributed by atoms with Crippen LogP contribution in [-0.2, 0) is 0 Å². The van der Waals surface area contributed by atoms with Crippen LogP contribution in [0.2, 0.25) is 0 Å². The van der Waals surface area contributed by atoms with Crippen molar-refractivity contribution in [2.75, 3.05) is 17.3 Å². The zero-order valence-corrected chi connectivity index (χ0v) is 15.0. The van der Waals surface area contributed by atoms with Crippen molar-refractivity contribution in [2.45, 2.75) is 0 Å². The molecular weight excluding hydrogens is 385 g/mol. The summed E-state index contributed by atoms with van der Waals surface area (Å²) in [7, 11) is 1.91. The van der Waals surface area contributed by atoms with E-state index in [0.717, 1.165) is 11.5 Å². The first-order valence-corrected chi connectivity index (χ1v) is 8.35. The highest BCUT2D eigenvalue weighted by molar-refractivity contribution is 9.10. The summed E-state index contributed by atoms with van der Waals surface area (Å²) < 4.78 is 13.6. The average Bonchev–Trinajstić information content (AvgIpc) is 2.64. The fraction of sp³-hybridized carbons (Fsp3) is 0.0526. The van der Waals surface area contributed by atoms with Gasteiger partial charge in [0.05, 0.1) is 11.3 Å². The maximum atomic E-state index is 13.1. The number of carbonyl (C=O) groups is 1. The molecule has 0 aliphatic rings. The van der Waals surface area contributed by atoms with Gasteiger partial charge >= 0.3 is 0 Å². The Hall–Kier alpha value is -2.73. The van der Waals surface area contributed by atoms with E-state index in [1.54, 1.807) is 12.1 Å². The highest BCUT2D eigenvalue weighted by Gasteiger charge is 2.11. The summed E-state index contributed by atoms with van der Waals surface area (Å²) in [5, 5.41) is 2.73. The Morgan fingerprint density at radius 3 is 2.52 bits per heavy atom. The Morgan fingerprint density at radius 2 is 1.88 bits per heavy atom. The fourth-order valence-corrected chi connectivity index (χ4v) is 2.74. The lowest BCUT2D eigenvalue weighted by Crippen LogP contribution is -2.14. The molecule has 0 spiro atoms. The van der Waals surface area contributed by atoms with Crippen molar-refractivity contribution in [3.63, 3.8) is 0 Å². The largest absolute Gasteiger partial charge is 0.329 e. The van der Waals surface area contributed by atoms with Crippen LogP contribution >= 0.6 is 15.9 Å². The van der Waals surface area contributed by atoms with Crippen LogP contribution in [-0.4, -0.2) is 17.9 Å². The topological polar surface area (TPSA) is 45.2 Å². The van der Waals surface area contributed by atoms with Gasteiger partial charge in [-0.25, -0.2) is 9.37 Å². The SMILES string of the molecule is CN(c1ccccc1)c1ccc(C(=O)Nc2ccc(F)cc2Br)cn1. The van der Waals surface area contributed by atoms with Crippen LogP contribution < -0.4 is 10.2 Å². The molecule has 0 bridgehead atoms. The predicted octanol–water partition coefficient (Wildman–Crippen LogP) is 5.00. The zero-order chi connectivity index (χ0) is 17.8. The second-order valence-corrected chi connectivity index (χ2v) is 6.23. The van der Waals surface area contributed by atoms with Gasteiger partial charge < -0.3 is 10.2 Å². The van der Waals surface area contributed by atoms with Gasteiger partial charge in [0, 0.05) is 23.4 Å². The summed E-state index contributed by atoms with van der Waals surface area (Å²) in [6, 6.07) is 17.4. The Morgan fingerprint density at radius 1 is 1.12 bits per heavy atom. The fourth-order valence-electron chi connectivity index (χ4n) is 2.29. The van der Waals surface area contributed by atoms with Crippen molar-refractivity contribution in [1.29, 1.82) is 0 Å². The van der Waals surface area contributed by atoms with Gasteiger partial charge in [-0.05, 0) is 58.4 Å². The van der Waals surface area contributed by atoms with E-state index in [2.05, 4.69) is 26.2 Å². The number of pyridine rings is 1. The molecule has 3 rings (SSSR count). The van der Waals surface area contributed by atoms with E-state index in [9.17, 15) is 9.18 Å². The summed E-state index contributed by atoms with van der Waals surface area (Å²) in [5.74, 6) is 0.0410. The van der Waals surface area contributed by atoms with Gasteiger partial charge in [-0.1, -0.05) is 18.2 Å². The van der Waals surface area contributed by atoms with E-state index in [1.165, 1.54) is 24.4 Å². The van der Waals surface area contributed by atoms with E-state index in [4.69, 9.17) is 0 Å². The quantitative estimate of drug-likeness (QED) is 0.670. The molecule has 25 heavy (non-hydrogen) atoms. The van der Waals surface area contributed by atoms with E-state index in [1.807, 2.05) is 42.3 Å². The minimum Gasteiger partial charge on any atom is -0.329 e. The average molecular weight is 400 g/mol. The molecule has 0 radical (unpaired) electrons. The van der Waals surface area contributed by atoms with Gasteiger partial charge in [0.15, 0.2) is 0 Å². The van der Waals surface area contributed by atoms with Crippen molar-refractivity contribution < 1.29 is 9.18 Å². The molecular formula is C19H15BrFN3O. The van der Waals surface area contributed by atoms with Gasteiger partial charge in [0.25, 0.3) is 5.91 Å². The maximum absolute atomic E-state index is 13.1. The Bertz CT molecular complexity index is 885. The Balaban J connectivity index is 1.74. The molecule has 0 unspecified atom stereocenters. The molecule has 2 aromatic carbocycles. The molecule has 0 atom stereocenters. The molecule has 0 fully saturated rings. The van der Waals surface area contributed by atoms with Crippen LogP contribution in [0.5, 0.6) is 0 Å². The lowest BCUT2D eigenvalue weighted by molar-refractivity contribution is 0.102. The molecule has 126 valence electrons. The molecule has 0 aliphatic carbocycles. The number of hydrogen-bond acceptors (Lipinski definition) is 3. The minimum absolute atomic E-state index is 0.311. The molecule has 1 heterocycles. The van der Waals surface area contributed by atoms with Crippen molar-refractivity contribution in [2.24, 2.45) is 0 Å². The molecule has 1 N–H and O–H groups in total. The number of nitrogens with one attached hydrogen (secondary N) is 1. The number of hydrogen-bond donors (Lipinski definition) is 1. The van der Waals surface area contributed by atoms with Crippen LogP contribution in [0, 0.1) is 5.82 Å². The molecule has 0 saturated heterocycles. The number of anilines is 3. The highest BCUT2D eigenvalue weighted by Crippen LogP contribution is 2.24. The Labute approximate surface area is 153 Å². The molecule has 4 nitrogen and oxygen atoms in total. The standard InChI is InChI=1S/C19H15BrFN3O/c1-24(15-5-3-2-4-6-15)18-10-7-13(12-22-18)19(25)23-17-9-8-14(21)11-16(17)20/h2-12H,1H3,(H,23,25). The van der Waals surface area contributed by atoms with Crippen LogP contribution in [0.1, 0.15) is 10.4 Å². The molecule has 6 heteroatoms. The number of benzene rings is 2. The third-order valence-electron chi connectivity index (χ3n) is 3.68. The predicted molar refractivity (Wildman–Crippen MR) is 101 cm³/mol. The molecule has 1 aromatic heterocycles. The smallest absolute Gasteiger partial charge is 0.257 e. The van der Waals surface area contributed by atoms with Crippen LogP contribution in [0.4, 0.5) is 21.6 Å². The second kappa shape index (κ2) is 7.44. The van der Waals surface area contributed by atoms with Gasteiger partial charge in [0.2, 0.25) is 0 Å². The first-order chi connectivity index (χ1) is 12.0. The van der Waals surface area contributed by atoms with E-state index < -0.39 is 0 Å². The van der Waals surface area contributed by atoms with Gasteiger partial charge in [0.1, 0.15) is 11.6 Å². The van der Waals surface area contributed by atoms with Crippen molar-refractivity contribution in [3.05, 3.63) is 82.7 Å². The molecule has 3 aromatic rings. The molecule has 1 amide bonds. The number of para-hydroxylation sites is 1. The Kier molecular flexibility index (Phi) is 5.09. The van der Waals surface area contributed by atoms with Crippen LogP contribution in [0.3, 0.4) is 0 Å². The number of amides is 1. The number of carbonyl (C=O) groups excluding carboxylic acids is 1. The normalized spacial score (nSPS) is 10.4. The first-order valence-electron chi connectivity index (χ1n) is 7.56. The summed E-state index contributed by atoms with van der Waals surface area (Å²) in [5.41, 5.74) is 1.92. The van der Waals surface area contributed by atoms with E-state index >= 15 is 0 Å². The second-order valence-electron chi connectivity index (χ2n) is 5.38. The third kappa shape index (κ3) is 4.03. The molecule has 0 saturated carbocycles. The number of rotatable bonds is 4. The lowest BCUT2D eigenvalue weighted by atomic mass is 10.2. The van der Waals surface area contributed by atoms with Crippen molar-refractivity contribution in [3.8, 4) is 0 Å². The number of aromatic nitrogens is 1. The summed E-state index contributed by atoms with van der Waals surface area (Å²) in [4.78, 5) is 18.6.